The largest absolute Gasteiger partial charge is 0.462 e. The third kappa shape index (κ3) is 4.67. The minimum absolute atomic E-state index is 0.173. The van der Waals surface area contributed by atoms with Gasteiger partial charge in [0.25, 0.3) is 11.8 Å². The number of amides is 2. The highest BCUT2D eigenvalue weighted by Crippen LogP contribution is 2.34. The molecule has 1 aromatic carbocycles. The second-order valence-electron chi connectivity index (χ2n) is 6.00. The molecule has 0 aliphatic rings. The fourth-order valence-electron chi connectivity index (χ4n) is 2.65. The van der Waals surface area contributed by atoms with Crippen molar-refractivity contribution in [1.29, 1.82) is 0 Å². The molecule has 0 fully saturated rings. The Kier molecular flexibility index (Phi) is 6.36. The predicted octanol–water partition coefficient (Wildman–Crippen LogP) is 4.13. The molecule has 0 aliphatic heterocycles. The number of nitrogens with zero attached hydrogens (tertiary/aromatic N) is 1. The van der Waals surface area contributed by atoms with E-state index in [2.05, 4.69) is 15.6 Å². The molecule has 0 radical (unpaired) electrons. The first-order valence-electron chi connectivity index (χ1n) is 8.89. The summed E-state index contributed by atoms with van der Waals surface area (Å²) in [7, 11) is 0. The Bertz CT molecular complexity index is 1030. The number of esters is 1. The lowest BCUT2D eigenvalue weighted by molar-refractivity contribution is 0.0527. The van der Waals surface area contributed by atoms with E-state index in [0.717, 1.165) is 11.3 Å². The number of thiophene rings is 1. The lowest BCUT2D eigenvalue weighted by Crippen LogP contribution is -2.15. The molecule has 0 unspecified atom stereocenters. The molecule has 2 N–H and O–H groups in total. The summed E-state index contributed by atoms with van der Waals surface area (Å²) in [5.41, 5.74) is 1.59. The van der Waals surface area contributed by atoms with Crippen molar-refractivity contribution in [2.45, 2.75) is 13.8 Å². The molecule has 3 aromatic rings. The summed E-state index contributed by atoms with van der Waals surface area (Å²) < 4.78 is 5.12. The van der Waals surface area contributed by atoms with Gasteiger partial charge in [-0.2, -0.15) is 0 Å². The summed E-state index contributed by atoms with van der Waals surface area (Å²) in [4.78, 5) is 42.0. The van der Waals surface area contributed by atoms with Crippen molar-refractivity contribution in [3.8, 4) is 0 Å². The van der Waals surface area contributed by atoms with Gasteiger partial charge in [0.2, 0.25) is 0 Å². The molecule has 29 heavy (non-hydrogen) atoms. The molecule has 3 rings (SSSR count). The first-order chi connectivity index (χ1) is 14.0. The number of ether oxygens (including phenoxy) is 1. The summed E-state index contributed by atoms with van der Waals surface area (Å²) in [6.45, 7) is 3.52. The summed E-state index contributed by atoms with van der Waals surface area (Å²) in [5.74, 6) is -1.40. The number of carbonyl (C=O) groups is 3. The van der Waals surface area contributed by atoms with E-state index in [1.54, 1.807) is 56.4 Å². The summed E-state index contributed by atoms with van der Waals surface area (Å²) in [6, 6.07) is 12.2. The topological polar surface area (TPSA) is 97.4 Å². The predicted molar refractivity (Wildman–Crippen MR) is 112 cm³/mol. The molecule has 7 nitrogen and oxygen atoms in total. The number of nitrogens with one attached hydrogen (secondary N) is 2. The van der Waals surface area contributed by atoms with Gasteiger partial charge < -0.3 is 15.4 Å². The Hall–Kier alpha value is -3.52. The first kappa shape index (κ1) is 20.2. The molecule has 2 amide bonds. The fraction of sp³-hybridized carbons (Fsp3) is 0.143. The van der Waals surface area contributed by atoms with Gasteiger partial charge in [-0.05, 0) is 43.7 Å². The molecule has 0 saturated carbocycles. The van der Waals surface area contributed by atoms with E-state index in [1.165, 1.54) is 6.20 Å². The van der Waals surface area contributed by atoms with Gasteiger partial charge in [0, 0.05) is 18.1 Å². The number of pyridine rings is 1. The molecule has 0 aliphatic carbocycles. The highest BCUT2D eigenvalue weighted by molar-refractivity contribution is 7.19. The van der Waals surface area contributed by atoms with Crippen molar-refractivity contribution < 1.29 is 19.1 Å². The second-order valence-corrected chi connectivity index (χ2v) is 7.02. The van der Waals surface area contributed by atoms with Crippen molar-refractivity contribution in [3.63, 3.8) is 0 Å². The van der Waals surface area contributed by atoms with Crippen LogP contribution in [0, 0.1) is 6.92 Å². The number of benzene rings is 1. The van der Waals surface area contributed by atoms with E-state index >= 15 is 0 Å². The van der Waals surface area contributed by atoms with Crippen LogP contribution in [0.3, 0.4) is 0 Å². The zero-order valence-corrected chi connectivity index (χ0v) is 16.7. The Morgan fingerprint density at radius 2 is 1.79 bits per heavy atom. The van der Waals surface area contributed by atoms with Gasteiger partial charge in [-0.3, -0.25) is 14.6 Å². The Balaban J connectivity index is 1.94. The van der Waals surface area contributed by atoms with E-state index in [4.69, 9.17) is 4.74 Å². The van der Waals surface area contributed by atoms with Crippen LogP contribution in [0.4, 0.5) is 10.7 Å². The minimum Gasteiger partial charge on any atom is -0.462 e. The fourth-order valence-corrected chi connectivity index (χ4v) is 3.73. The van der Waals surface area contributed by atoms with E-state index < -0.39 is 11.9 Å². The quantitative estimate of drug-likeness (QED) is 0.597. The molecular weight excluding hydrogens is 390 g/mol. The number of para-hydroxylation sites is 1. The zero-order chi connectivity index (χ0) is 20.8. The SMILES string of the molecule is CCOC(=O)c1c(NC(=O)c2cccnc2)sc(C(=O)Nc2ccccc2)c1C. The third-order valence-electron chi connectivity index (χ3n) is 4.02. The lowest BCUT2D eigenvalue weighted by Gasteiger charge is -2.07. The highest BCUT2D eigenvalue weighted by Gasteiger charge is 2.27. The Morgan fingerprint density at radius 1 is 1.03 bits per heavy atom. The highest BCUT2D eigenvalue weighted by atomic mass is 32.1. The average Bonchev–Trinajstić information content (AvgIpc) is 3.05. The van der Waals surface area contributed by atoms with Crippen molar-refractivity contribution in [2.24, 2.45) is 0 Å². The number of rotatable bonds is 6. The average molecular weight is 409 g/mol. The van der Waals surface area contributed by atoms with Crippen LogP contribution in [-0.2, 0) is 4.74 Å². The molecular formula is C21H19N3O4S. The van der Waals surface area contributed by atoms with Crippen LogP contribution in [0.25, 0.3) is 0 Å². The van der Waals surface area contributed by atoms with Gasteiger partial charge in [-0.1, -0.05) is 18.2 Å². The van der Waals surface area contributed by atoms with Crippen molar-refractivity contribution >= 4 is 39.8 Å². The molecule has 2 heterocycles. The third-order valence-corrected chi connectivity index (χ3v) is 5.22. The van der Waals surface area contributed by atoms with Gasteiger partial charge in [0.05, 0.1) is 22.6 Å². The van der Waals surface area contributed by atoms with E-state index in [1.807, 2.05) is 6.07 Å². The Labute approximate surface area is 171 Å². The van der Waals surface area contributed by atoms with Crippen LogP contribution in [0.2, 0.25) is 0 Å². The van der Waals surface area contributed by atoms with Gasteiger partial charge in [-0.15, -0.1) is 11.3 Å². The number of anilines is 2. The number of hydrogen-bond donors (Lipinski definition) is 2. The van der Waals surface area contributed by atoms with Crippen LogP contribution < -0.4 is 10.6 Å². The molecule has 2 aromatic heterocycles. The van der Waals surface area contributed by atoms with Gasteiger partial charge in [0.1, 0.15) is 5.00 Å². The first-order valence-corrected chi connectivity index (χ1v) is 9.71. The zero-order valence-electron chi connectivity index (χ0n) is 15.9. The van der Waals surface area contributed by atoms with E-state index in [0.29, 0.717) is 21.7 Å². The summed E-state index contributed by atoms with van der Waals surface area (Å²) in [6.07, 6.45) is 2.98. The number of hydrogen-bond acceptors (Lipinski definition) is 6. The lowest BCUT2D eigenvalue weighted by atomic mass is 10.1. The van der Waals surface area contributed by atoms with Crippen molar-refractivity contribution in [3.05, 3.63) is 76.4 Å². The summed E-state index contributed by atoms with van der Waals surface area (Å²) >= 11 is 1.03. The number of aromatic nitrogens is 1. The van der Waals surface area contributed by atoms with Gasteiger partial charge in [0.15, 0.2) is 0 Å². The van der Waals surface area contributed by atoms with E-state index in [-0.39, 0.29) is 23.1 Å². The maximum absolute atomic E-state index is 12.8. The van der Waals surface area contributed by atoms with Crippen molar-refractivity contribution in [2.75, 3.05) is 17.2 Å². The summed E-state index contributed by atoms with van der Waals surface area (Å²) in [5, 5.41) is 5.75. The van der Waals surface area contributed by atoms with Crippen molar-refractivity contribution in [1.82, 2.24) is 4.98 Å². The minimum atomic E-state index is -0.596. The molecule has 8 heteroatoms. The van der Waals surface area contributed by atoms with Crippen LogP contribution >= 0.6 is 11.3 Å². The van der Waals surface area contributed by atoms with Crippen LogP contribution in [-0.4, -0.2) is 29.4 Å². The van der Waals surface area contributed by atoms with Crippen LogP contribution in [0.5, 0.6) is 0 Å². The maximum atomic E-state index is 12.8. The molecule has 148 valence electrons. The van der Waals surface area contributed by atoms with E-state index in [9.17, 15) is 14.4 Å². The van der Waals surface area contributed by atoms with Gasteiger partial charge in [-0.25, -0.2) is 4.79 Å². The smallest absolute Gasteiger partial charge is 0.341 e. The normalized spacial score (nSPS) is 10.3. The monoisotopic (exact) mass is 409 g/mol. The standard InChI is InChI=1S/C21H19N3O4S/c1-3-28-21(27)16-13(2)17(19(26)23-15-9-5-4-6-10-15)29-20(16)24-18(25)14-8-7-11-22-12-14/h4-12H,3H2,1-2H3,(H,23,26)(H,24,25). The second kappa shape index (κ2) is 9.11. The maximum Gasteiger partial charge on any atom is 0.341 e. The van der Waals surface area contributed by atoms with Gasteiger partial charge >= 0.3 is 5.97 Å². The molecule has 0 saturated heterocycles. The molecule has 0 spiro atoms. The van der Waals surface area contributed by atoms with Crippen LogP contribution in [0.1, 0.15) is 42.9 Å². The Morgan fingerprint density at radius 3 is 2.45 bits per heavy atom. The van der Waals surface area contributed by atoms with Crippen LogP contribution in [0.15, 0.2) is 54.9 Å². The molecule has 0 atom stereocenters. The molecule has 0 bridgehead atoms. The number of carbonyl (C=O) groups excluding carboxylic acids is 3.